The van der Waals surface area contributed by atoms with Gasteiger partial charge in [0.25, 0.3) is 0 Å². The van der Waals surface area contributed by atoms with Crippen molar-refractivity contribution in [3.63, 3.8) is 0 Å². The molecule has 1 atom stereocenters. The molecule has 7 heteroatoms. The number of hydrogen-bond donors (Lipinski definition) is 0. The summed E-state index contributed by atoms with van der Waals surface area (Å²) in [5.41, 5.74) is 2.50. The predicted octanol–water partition coefficient (Wildman–Crippen LogP) is 3.34. The lowest BCUT2D eigenvalue weighted by molar-refractivity contribution is 0.411. The van der Waals surface area contributed by atoms with Gasteiger partial charge in [-0.1, -0.05) is 17.3 Å². The highest BCUT2D eigenvalue weighted by Gasteiger charge is 2.15. The van der Waals surface area contributed by atoms with Crippen molar-refractivity contribution < 1.29 is 9.15 Å². The second kappa shape index (κ2) is 6.27. The van der Waals surface area contributed by atoms with Crippen molar-refractivity contribution in [3.8, 4) is 22.7 Å². The summed E-state index contributed by atoms with van der Waals surface area (Å²) in [6, 6.07) is 11.5. The van der Waals surface area contributed by atoms with E-state index in [1.807, 2.05) is 55.7 Å². The first kappa shape index (κ1) is 15.2. The molecule has 7 nitrogen and oxygen atoms in total. The first-order valence-corrected chi connectivity index (χ1v) is 7.90. The van der Waals surface area contributed by atoms with Crippen LogP contribution in [0.1, 0.15) is 18.7 Å². The van der Waals surface area contributed by atoms with E-state index in [1.165, 1.54) is 0 Å². The van der Waals surface area contributed by atoms with E-state index in [0.29, 0.717) is 0 Å². The third-order valence-corrected chi connectivity index (χ3v) is 4.07. The summed E-state index contributed by atoms with van der Waals surface area (Å²) in [4.78, 5) is 0. The van der Waals surface area contributed by atoms with Gasteiger partial charge in [0, 0.05) is 11.8 Å². The first-order chi connectivity index (χ1) is 12.3. The van der Waals surface area contributed by atoms with Gasteiger partial charge in [-0.15, -0.1) is 5.10 Å². The van der Waals surface area contributed by atoms with Crippen molar-refractivity contribution >= 4 is 0 Å². The number of hydrogen-bond acceptors (Lipinski definition) is 5. The lowest BCUT2D eigenvalue weighted by atomic mass is 10.2. The number of aromatic nitrogens is 5. The summed E-state index contributed by atoms with van der Waals surface area (Å²) in [6.45, 7) is 2.01. The molecule has 0 saturated heterocycles. The quantitative estimate of drug-likeness (QED) is 0.559. The summed E-state index contributed by atoms with van der Waals surface area (Å²) >= 11 is 0. The number of ether oxygens (including phenoxy) is 1. The summed E-state index contributed by atoms with van der Waals surface area (Å²) < 4.78 is 14.4. The van der Waals surface area contributed by atoms with Crippen LogP contribution in [0.25, 0.3) is 16.9 Å². The molecule has 3 heterocycles. The Labute approximate surface area is 144 Å². The van der Waals surface area contributed by atoms with Crippen LogP contribution in [0.3, 0.4) is 0 Å². The Kier molecular flexibility index (Phi) is 3.81. The maximum absolute atomic E-state index is 5.43. The topological polar surface area (TPSA) is 70.9 Å². The lowest BCUT2D eigenvalue weighted by Gasteiger charge is -2.07. The Morgan fingerprint density at radius 1 is 1.12 bits per heavy atom. The Hall–Kier alpha value is -3.35. The fourth-order valence-corrected chi connectivity index (χ4v) is 2.66. The third-order valence-electron chi connectivity index (χ3n) is 4.07. The molecular formula is C18H17N5O2. The van der Waals surface area contributed by atoms with Gasteiger partial charge < -0.3 is 9.15 Å². The second-order valence-corrected chi connectivity index (χ2v) is 5.62. The van der Waals surface area contributed by atoms with Gasteiger partial charge in [0.05, 0.1) is 25.8 Å². The first-order valence-electron chi connectivity index (χ1n) is 7.90. The molecule has 0 spiro atoms. The molecule has 0 N–H and O–H groups in total. The fraction of sp³-hybridized carbons (Fsp3) is 0.167. The van der Waals surface area contributed by atoms with E-state index in [4.69, 9.17) is 9.15 Å². The Balaban J connectivity index is 1.63. The molecule has 0 amide bonds. The molecule has 0 saturated carbocycles. The highest BCUT2D eigenvalue weighted by atomic mass is 16.5. The number of methoxy groups -OCH3 is 1. The molecule has 0 radical (unpaired) electrons. The molecule has 0 unspecified atom stereocenters. The average Bonchev–Trinajstić information content (AvgIpc) is 3.42. The van der Waals surface area contributed by atoms with Crippen LogP contribution in [-0.2, 0) is 0 Å². The van der Waals surface area contributed by atoms with Gasteiger partial charge in [-0.05, 0) is 31.2 Å². The Morgan fingerprint density at radius 2 is 2.00 bits per heavy atom. The molecule has 4 rings (SSSR count). The van der Waals surface area contributed by atoms with Crippen molar-refractivity contribution in [2.75, 3.05) is 7.11 Å². The van der Waals surface area contributed by atoms with Gasteiger partial charge in [0.2, 0.25) is 0 Å². The highest BCUT2D eigenvalue weighted by molar-refractivity contribution is 5.57. The van der Waals surface area contributed by atoms with Crippen LogP contribution in [-0.4, -0.2) is 31.9 Å². The van der Waals surface area contributed by atoms with Gasteiger partial charge in [0.15, 0.2) is 0 Å². The van der Waals surface area contributed by atoms with Crippen molar-refractivity contribution in [2.45, 2.75) is 13.0 Å². The summed E-state index contributed by atoms with van der Waals surface area (Å²) in [7, 11) is 1.64. The number of rotatable bonds is 5. The summed E-state index contributed by atoms with van der Waals surface area (Å²) in [5, 5.41) is 12.9. The van der Waals surface area contributed by atoms with E-state index < -0.39 is 0 Å². The van der Waals surface area contributed by atoms with E-state index in [0.717, 1.165) is 28.5 Å². The summed E-state index contributed by atoms with van der Waals surface area (Å²) in [5.74, 6) is 1.59. The molecule has 0 bridgehead atoms. The van der Waals surface area contributed by atoms with Crippen LogP contribution < -0.4 is 4.74 Å². The van der Waals surface area contributed by atoms with Gasteiger partial charge in [-0.3, -0.25) is 0 Å². The number of benzene rings is 1. The predicted molar refractivity (Wildman–Crippen MR) is 91.7 cm³/mol. The minimum Gasteiger partial charge on any atom is -0.494 e. The fourth-order valence-electron chi connectivity index (χ4n) is 2.66. The van der Waals surface area contributed by atoms with Crippen LogP contribution in [0.4, 0.5) is 0 Å². The molecule has 3 aromatic heterocycles. The molecule has 0 aliphatic heterocycles. The zero-order valence-corrected chi connectivity index (χ0v) is 13.9. The van der Waals surface area contributed by atoms with E-state index in [-0.39, 0.29) is 6.04 Å². The van der Waals surface area contributed by atoms with Gasteiger partial charge >= 0.3 is 0 Å². The molecule has 0 aliphatic rings. The molecule has 126 valence electrons. The maximum atomic E-state index is 5.43. The molecule has 0 aliphatic carbocycles. The maximum Gasteiger partial charge on any atom is 0.144 e. The molecule has 1 aromatic carbocycles. The van der Waals surface area contributed by atoms with Crippen LogP contribution >= 0.6 is 0 Å². The normalized spacial score (nSPS) is 12.2. The minimum atomic E-state index is -0.0273. The smallest absolute Gasteiger partial charge is 0.144 e. The van der Waals surface area contributed by atoms with Crippen LogP contribution in [0.2, 0.25) is 0 Å². The van der Waals surface area contributed by atoms with E-state index >= 15 is 0 Å². The van der Waals surface area contributed by atoms with E-state index in [9.17, 15) is 0 Å². The third kappa shape index (κ3) is 2.80. The Morgan fingerprint density at radius 3 is 2.80 bits per heavy atom. The van der Waals surface area contributed by atoms with Crippen molar-refractivity contribution in [2.24, 2.45) is 0 Å². The highest BCUT2D eigenvalue weighted by Crippen LogP contribution is 2.25. The molecule has 0 fully saturated rings. The lowest BCUT2D eigenvalue weighted by Crippen LogP contribution is -2.06. The average molecular weight is 335 g/mol. The van der Waals surface area contributed by atoms with Gasteiger partial charge in [-0.2, -0.15) is 5.10 Å². The molecule has 25 heavy (non-hydrogen) atoms. The second-order valence-electron chi connectivity index (χ2n) is 5.62. The van der Waals surface area contributed by atoms with Crippen LogP contribution in [0, 0.1) is 0 Å². The number of para-hydroxylation sites is 2. The zero-order valence-electron chi connectivity index (χ0n) is 13.9. The van der Waals surface area contributed by atoms with E-state index in [1.54, 1.807) is 28.9 Å². The van der Waals surface area contributed by atoms with Crippen molar-refractivity contribution in [3.05, 3.63) is 67.0 Å². The monoisotopic (exact) mass is 335 g/mol. The largest absolute Gasteiger partial charge is 0.494 e. The summed E-state index contributed by atoms with van der Waals surface area (Å²) in [6.07, 6.45) is 7.21. The van der Waals surface area contributed by atoms with Crippen molar-refractivity contribution in [1.29, 1.82) is 0 Å². The van der Waals surface area contributed by atoms with Crippen LogP contribution in [0.5, 0.6) is 5.75 Å². The standard InChI is InChI=1S/C18H17N5O2/c1-13(17-8-5-9-25-17)22-12-15(20-21-22)14-10-19-23(11-14)16-6-3-4-7-18(16)24-2/h3-13H,1-2H3/t13-/m0/s1. The van der Waals surface area contributed by atoms with Crippen LogP contribution in [0.15, 0.2) is 65.7 Å². The minimum absolute atomic E-state index is 0.0273. The number of furan rings is 1. The van der Waals surface area contributed by atoms with Gasteiger partial charge in [0.1, 0.15) is 28.9 Å². The SMILES string of the molecule is COc1ccccc1-n1cc(-c2cn([C@@H](C)c3ccco3)nn2)cn1. The van der Waals surface area contributed by atoms with Gasteiger partial charge in [-0.25, -0.2) is 9.36 Å². The molecular weight excluding hydrogens is 318 g/mol. The van der Waals surface area contributed by atoms with Crippen molar-refractivity contribution in [1.82, 2.24) is 24.8 Å². The molecule has 4 aromatic rings. The van der Waals surface area contributed by atoms with E-state index in [2.05, 4.69) is 15.4 Å². The zero-order chi connectivity index (χ0) is 17.2. The Bertz CT molecular complexity index is 971. The number of nitrogens with zero attached hydrogens (tertiary/aromatic N) is 5.